The Morgan fingerprint density at radius 2 is 1.30 bits per heavy atom. The van der Waals surface area contributed by atoms with Crippen LogP contribution < -0.4 is 5.32 Å². The second-order valence-electron chi connectivity index (χ2n) is 10.6. The summed E-state index contributed by atoms with van der Waals surface area (Å²) >= 11 is 6.33. The van der Waals surface area contributed by atoms with E-state index in [1.54, 1.807) is 4.90 Å². The van der Waals surface area contributed by atoms with Crippen molar-refractivity contribution in [1.29, 1.82) is 0 Å². The van der Waals surface area contributed by atoms with E-state index in [-0.39, 0.29) is 30.7 Å². The van der Waals surface area contributed by atoms with E-state index >= 15 is 0 Å². The van der Waals surface area contributed by atoms with Crippen LogP contribution in [-0.4, -0.2) is 29.3 Å². The van der Waals surface area contributed by atoms with Gasteiger partial charge in [0, 0.05) is 36.9 Å². The average Bonchev–Trinajstić information content (AvgIpc) is 2.97. The van der Waals surface area contributed by atoms with Gasteiger partial charge in [0.1, 0.15) is 6.04 Å². The minimum absolute atomic E-state index is 0.0849. The van der Waals surface area contributed by atoms with Crippen LogP contribution >= 0.6 is 11.6 Å². The van der Waals surface area contributed by atoms with Gasteiger partial charge in [-0.2, -0.15) is 0 Å². The Balaban J connectivity index is 1.73. The number of carbonyl (C=O) groups is 2. The van der Waals surface area contributed by atoms with Crippen LogP contribution in [0.5, 0.6) is 0 Å². The molecule has 1 N–H and O–H groups in total. The lowest BCUT2D eigenvalue weighted by molar-refractivity contribution is -0.141. The maximum atomic E-state index is 14.4. The fourth-order valence-corrected chi connectivity index (χ4v) is 5.11. The summed E-state index contributed by atoms with van der Waals surface area (Å²) in [5.74, 6) is -0.0889. The normalized spacial score (nSPS) is 11.8. The summed E-state index contributed by atoms with van der Waals surface area (Å²) in [7, 11) is 0. The number of nitrogens with one attached hydrogen (secondary N) is 1. The van der Waals surface area contributed by atoms with E-state index in [2.05, 4.69) is 43.4 Å². The Labute approximate surface area is 243 Å². The van der Waals surface area contributed by atoms with Crippen molar-refractivity contribution in [3.05, 3.63) is 143 Å². The molecule has 4 nitrogen and oxygen atoms in total. The molecule has 0 bridgehead atoms. The molecule has 0 radical (unpaired) electrons. The first-order chi connectivity index (χ1) is 19.4. The topological polar surface area (TPSA) is 49.4 Å². The number of benzene rings is 4. The second kappa shape index (κ2) is 14.5. The zero-order valence-corrected chi connectivity index (χ0v) is 23.9. The van der Waals surface area contributed by atoms with Crippen LogP contribution in [-0.2, 0) is 22.6 Å². The van der Waals surface area contributed by atoms with E-state index in [4.69, 9.17) is 11.6 Å². The van der Waals surface area contributed by atoms with Gasteiger partial charge < -0.3 is 10.2 Å². The van der Waals surface area contributed by atoms with E-state index in [1.165, 1.54) is 0 Å². The van der Waals surface area contributed by atoms with Gasteiger partial charge in [0.25, 0.3) is 0 Å². The highest BCUT2D eigenvalue weighted by Gasteiger charge is 2.32. The van der Waals surface area contributed by atoms with Gasteiger partial charge >= 0.3 is 0 Å². The monoisotopic (exact) mass is 552 g/mol. The predicted octanol–water partition coefficient (Wildman–Crippen LogP) is 7.27. The van der Waals surface area contributed by atoms with Crippen LogP contribution in [0, 0.1) is 5.92 Å². The highest BCUT2D eigenvalue weighted by molar-refractivity contribution is 6.30. The lowest BCUT2D eigenvalue weighted by Crippen LogP contribution is -2.51. The molecule has 2 amide bonds. The molecule has 206 valence electrons. The maximum Gasteiger partial charge on any atom is 0.243 e. The summed E-state index contributed by atoms with van der Waals surface area (Å²) in [6, 6.07) is 36.9. The highest BCUT2D eigenvalue weighted by Crippen LogP contribution is 2.30. The third-order valence-corrected chi connectivity index (χ3v) is 7.22. The molecule has 4 rings (SSSR count). The smallest absolute Gasteiger partial charge is 0.243 e. The first-order valence-corrected chi connectivity index (χ1v) is 14.2. The maximum absolute atomic E-state index is 14.4. The Kier molecular flexibility index (Phi) is 10.5. The fourth-order valence-electron chi connectivity index (χ4n) is 4.90. The first kappa shape index (κ1) is 29.1. The number of hydrogen-bond donors (Lipinski definition) is 1. The zero-order valence-electron chi connectivity index (χ0n) is 23.2. The number of halogens is 1. The largest absolute Gasteiger partial charge is 0.354 e. The lowest BCUT2D eigenvalue weighted by Gasteiger charge is -2.33. The van der Waals surface area contributed by atoms with Gasteiger partial charge in [-0.3, -0.25) is 9.59 Å². The molecule has 0 spiro atoms. The van der Waals surface area contributed by atoms with Crippen molar-refractivity contribution in [2.75, 3.05) is 6.54 Å². The number of rotatable bonds is 12. The third-order valence-electron chi connectivity index (χ3n) is 6.98. The van der Waals surface area contributed by atoms with Gasteiger partial charge in [0.15, 0.2) is 0 Å². The van der Waals surface area contributed by atoms with Gasteiger partial charge in [0.2, 0.25) is 11.8 Å². The molecular weight excluding hydrogens is 516 g/mol. The summed E-state index contributed by atoms with van der Waals surface area (Å²) in [4.78, 5) is 29.9. The molecule has 1 atom stereocenters. The Hall–Kier alpha value is -3.89. The molecule has 0 saturated heterocycles. The Bertz CT molecular complexity index is 1320. The van der Waals surface area contributed by atoms with E-state index in [9.17, 15) is 9.59 Å². The van der Waals surface area contributed by atoms with Crippen molar-refractivity contribution >= 4 is 23.4 Å². The lowest BCUT2D eigenvalue weighted by atomic mass is 9.87. The quantitative estimate of drug-likeness (QED) is 0.201. The van der Waals surface area contributed by atoms with Crippen molar-refractivity contribution in [1.82, 2.24) is 10.2 Å². The third kappa shape index (κ3) is 8.30. The van der Waals surface area contributed by atoms with Crippen molar-refractivity contribution in [3.63, 3.8) is 0 Å². The summed E-state index contributed by atoms with van der Waals surface area (Å²) in [6.45, 7) is 4.94. The molecular formula is C35H37ClN2O2. The summed E-state index contributed by atoms with van der Waals surface area (Å²) in [6.07, 6.45) is 0.649. The summed E-state index contributed by atoms with van der Waals surface area (Å²) < 4.78 is 0. The van der Waals surface area contributed by atoms with E-state index in [1.807, 2.05) is 91.0 Å². The van der Waals surface area contributed by atoms with Crippen LogP contribution in [0.2, 0.25) is 5.02 Å². The molecule has 0 aromatic heterocycles. The van der Waals surface area contributed by atoms with Gasteiger partial charge in [-0.1, -0.05) is 129 Å². The molecule has 5 heteroatoms. The van der Waals surface area contributed by atoms with Crippen molar-refractivity contribution in [2.24, 2.45) is 5.92 Å². The molecule has 0 heterocycles. The minimum Gasteiger partial charge on any atom is -0.354 e. The predicted molar refractivity (Wildman–Crippen MR) is 163 cm³/mol. The summed E-state index contributed by atoms with van der Waals surface area (Å²) in [5, 5.41) is 3.69. The van der Waals surface area contributed by atoms with Crippen LogP contribution in [0.15, 0.2) is 115 Å². The van der Waals surface area contributed by atoms with Crippen molar-refractivity contribution in [3.8, 4) is 0 Å². The number of amides is 2. The Morgan fingerprint density at radius 1 is 0.750 bits per heavy atom. The van der Waals surface area contributed by atoms with Gasteiger partial charge in [-0.05, 0) is 40.3 Å². The molecule has 0 unspecified atom stereocenters. The molecule has 4 aromatic carbocycles. The van der Waals surface area contributed by atoms with Gasteiger partial charge in [-0.25, -0.2) is 0 Å². The van der Waals surface area contributed by atoms with Gasteiger partial charge in [0.05, 0.1) is 0 Å². The second-order valence-corrected chi connectivity index (χ2v) is 11.0. The molecule has 40 heavy (non-hydrogen) atoms. The standard InChI is InChI=1S/C35H37ClN2O2/c1-26(2)24-37-35(40)33(22-27-13-6-3-7-14-27)38(25-28-15-12-20-31(36)21-28)34(39)23-32(29-16-8-4-9-17-29)30-18-10-5-11-19-30/h3-21,26,32-33H,22-25H2,1-2H3,(H,37,40)/t33-/m1/s1. The minimum atomic E-state index is -0.681. The van der Waals surface area contributed by atoms with Crippen LogP contribution in [0.1, 0.15) is 48.4 Å². The fraction of sp³-hybridized carbons (Fsp3) is 0.257. The van der Waals surface area contributed by atoms with E-state index < -0.39 is 6.04 Å². The van der Waals surface area contributed by atoms with Gasteiger partial charge in [-0.15, -0.1) is 0 Å². The first-order valence-electron chi connectivity index (χ1n) is 13.9. The average molecular weight is 553 g/mol. The molecule has 4 aromatic rings. The van der Waals surface area contributed by atoms with Crippen molar-refractivity contribution in [2.45, 2.75) is 45.2 Å². The molecule has 0 aliphatic rings. The molecule has 0 fully saturated rings. The van der Waals surface area contributed by atoms with Crippen molar-refractivity contribution < 1.29 is 9.59 Å². The number of nitrogens with zero attached hydrogens (tertiary/aromatic N) is 1. The molecule has 0 aliphatic heterocycles. The van der Waals surface area contributed by atoms with Crippen LogP contribution in [0.25, 0.3) is 0 Å². The van der Waals surface area contributed by atoms with Crippen LogP contribution in [0.3, 0.4) is 0 Å². The Morgan fingerprint density at radius 3 is 1.85 bits per heavy atom. The van der Waals surface area contributed by atoms with Crippen LogP contribution in [0.4, 0.5) is 0 Å². The molecule has 0 saturated carbocycles. The number of hydrogen-bond acceptors (Lipinski definition) is 2. The summed E-state index contributed by atoms with van der Waals surface area (Å²) in [5.41, 5.74) is 4.01. The van der Waals surface area contributed by atoms with E-state index in [0.29, 0.717) is 23.9 Å². The SMILES string of the molecule is CC(C)CNC(=O)[C@@H](Cc1ccccc1)N(Cc1cccc(Cl)c1)C(=O)CC(c1ccccc1)c1ccccc1. The molecule has 0 aliphatic carbocycles. The van der Waals surface area contributed by atoms with E-state index in [0.717, 1.165) is 22.3 Å². The number of carbonyl (C=O) groups excluding carboxylic acids is 2. The highest BCUT2D eigenvalue weighted by atomic mass is 35.5. The zero-order chi connectivity index (χ0) is 28.3.